The summed E-state index contributed by atoms with van der Waals surface area (Å²) in [7, 11) is 0. The fourth-order valence-corrected chi connectivity index (χ4v) is 10.4. The van der Waals surface area contributed by atoms with Crippen molar-refractivity contribution in [3.05, 3.63) is 0 Å². The standard InChI is InChI=1S/C29H46O4/c1-16-11-21(16)17(2)12-26(32)29(15-33-29)24-8-7-22-20-6-5-18-13-19(30)9-10-27(18,3)23(20)14-25(31)28(22,24)4/h16-18,20-26,31-32H,5-15H2,1-4H3/t16?,17?,18?,20?,21?,22?,23?,24?,25?,26?,27-,28-,29?/m0/s1. The molecule has 2 N–H and O–H groups in total. The van der Waals surface area contributed by atoms with Crippen LogP contribution in [0.4, 0.5) is 0 Å². The smallest absolute Gasteiger partial charge is 0.133 e. The third-order valence-electron chi connectivity index (χ3n) is 12.7. The minimum atomic E-state index is -0.429. The van der Waals surface area contributed by atoms with Gasteiger partial charge in [0, 0.05) is 24.2 Å². The Morgan fingerprint density at radius 3 is 2.52 bits per heavy atom. The first-order valence-corrected chi connectivity index (χ1v) is 14.1. The molecule has 1 aliphatic heterocycles. The van der Waals surface area contributed by atoms with Gasteiger partial charge >= 0.3 is 0 Å². The van der Waals surface area contributed by atoms with Gasteiger partial charge in [0.15, 0.2) is 0 Å². The number of hydrogen-bond donors (Lipinski definition) is 2. The lowest BCUT2D eigenvalue weighted by Crippen LogP contribution is -2.60. The molecule has 186 valence electrons. The van der Waals surface area contributed by atoms with Crippen molar-refractivity contribution in [2.24, 2.45) is 58.2 Å². The molecule has 0 aromatic heterocycles. The number of ether oxygens (including phenoxy) is 1. The average Bonchev–Trinajstić information content (AvgIpc) is 3.68. The summed E-state index contributed by atoms with van der Waals surface area (Å²) in [4.78, 5) is 12.2. The molecule has 6 fully saturated rings. The van der Waals surface area contributed by atoms with E-state index in [1.807, 2.05) is 0 Å². The summed E-state index contributed by atoms with van der Waals surface area (Å²) >= 11 is 0. The number of epoxide rings is 1. The van der Waals surface area contributed by atoms with Crippen LogP contribution in [0.25, 0.3) is 0 Å². The summed E-state index contributed by atoms with van der Waals surface area (Å²) in [5, 5.41) is 23.2. The van der Waals surface area contributed by atoms with E-state index in [-0.39, 0.29) is 22.9 Å². The predicted octanol–water partition coefficient (Wildman–Crippen LogP) is 5.00. The number of hydrogen-bond acceptors (Lipinski definition) is 4. The normalized spacial score (nSPS) is 57.0. The molecule has 33 heavy (non-hydrogen) atoms. The number of rotatable bonds is 5. The van der Waals surface area contributed by atoms with Crippen molar-refractivity contribution in [3.63, 3.8) is 0 Å². The number of Topliss-reactive ketones (excluding diaryl/α,β-unsaturated/α-hetero) is 1. The molecule has 0 spiro atoms. The zero-order valence-corrected chi connectivity index (χ0v) is 21.3. The van der Waals surface area contributed by atoms with Gasteiger partial charge in [0.05, 0.1) is 18.8 Å². The van der Waals surface area contributed by atoms with Crippen LogP contribution in [-0.2, 0) is 9.53 Å². The first-order chi connectivity index (χ1) is 15.6. The van der Waals surface area contributed by atoms with E-state index >= 15 is 0 Å². The van der Waals surface area contributed by atoms with E-state index in [2.05, 4.69) is 27.7 Å². The SMILES string of the molecule is CC1CC1C(C)CC(O)C1(C2CCC3C4CCC5CC(=O)CC[C@]5(C)C4CC(O)[C@@]32C)CO1. The van der Waals surface area contributed by atoms with Gasteiger partial charge in [-0.25, -0.2) is 0 Å². The van der Waals surface area contributed by atoms with Crippen molar-refractivity contribution < 1.29 is 19.7 Å². The monoisotopic (exact) mass is 458 g/mol. The highest BCUT2D eigenvalue weighted by molar-refractivity contribution is 5.79. The van der Waals surface area contributed by atoms with Crippen LogP contribution in [0.2, 0.25) is 0 Å². The molecule has 4 heteroatoms. The molecule has 6 aliphatic rings. The van der Waals surface area contributed by atoms with Crippen molar-refractivity contribution in [2.45, 2.75) is 110 Å². The van der Waals surface area contributed by atoms with Gasteiger partial charge < -0.3 is 14.9 Å². The lowest BCUT2D eigenvalue weighted by atomic mass is 9.43. The fraction of sp³-hybridized carbons (Fsp3) is 0.966. The Hall–Kier alpha value is -0.450. The van der Waals surface area contributed by atoms with E-state index in [1.165, 1.54) is 19.3 Å². The zero-order chi connectivity index (χ0) is 23.3. The summed E-state index contributed by atoms with van der Waals surface area (Å²) in [6, 6.07) is 0. The number of carbonyl (C=O) groups excluding carboxylic acids is 1. The van der Waals surface area contributed by atoms with Crippen molar-refractivity contribution in [1.29, 1.82) is 0 Å². The molecular formula is C29H46O4. The molecule has 0 radical (unpaired) electrons. The lowest BCUT2D eigenvalue weighted by Gasteiger charge is -2.62. The van der Waals surface area contributed by atoms with Crippen LogP contribution < -0.4 is 0 Å². The van der Waals surface area contributed by atoms with E-state index in [9.17, 15) is 15.0 Å². The Labute approximate surface area is 200 Å². The highest BCUT2D eigenvalue weighted by atomic mass is 16.6. The molecule has 0 bridgehead atoms. The van der Waals surface area contributed by atoms with E-state index in [4.69, 9.17) is 4.74 Å². The molecule has 11 unspecified atom stereocenters. The minimum absolute atomic E-state index is 0.164. The predicted molar refractivity (Wildman–Crippen MR) is 127 cm³/mol. The van der Waals surface area contributed by atoms with E-state index in [0.29, 0.717) is 42.0 Å². The van der Waals surface area contributed by atoms with Crippen LogP contribution in [0.3, 0.4) is 0 Å². The maximum absolute atomic E-state index is 12.2. The second-order valence-corrected chi connectivity index (χ2v) is 14.0. The Morgan fingerprint density at radius 1 is 1.12 bits per heavy atom. The highest BCUT2D eigenvalue weighted by Gasteiger charge is 2.71. The van der Waals surface area contributed by atoms with Crippen LogP contribution in [0.1, 0.15) is 91.9 Å². The number of aliphatic hydroxyl groups excluding tert-OH is 2. The van der Waals surface area contributed by atoms with Crippen LogP contribution in [0, 0.1) is 58.2 Å². The summed E-state index contributed by atoms with van der Waals surface area (Å²) in [6.07, 6.45) is 9.40. The van der Waals surface area contributed by atoms with Gasteiger partial charge in [0.25, 0.3) is 0 Å². The van der Waals surface area contributed by atoms with Gasteiger partial charge in [0.1, 0.15) is 11.4 Å². The molecule has 5 saturated carbocycles. The average molecular weight is 459 g/mol. The number of aliphatic hydroxyl groups is 2. The topological polar surface area (TPSA) is 70.1 Å². The first kappa shape index (κ1) is 23.0. The van der Waals surface area contributed by atoms with Crippen molar-refractivity contribution >= 4 is 5.78 Å². The third kappa shape index (κ3) is 3.22. The molecule has 0 aromatic carbocycles. The van der Waals surface area contributed by atoms with Gasteiger partial charge in [-0.05, 0) is 98.2 Å². The number of fused-ring (bicyclic) bond motifs is 5. The third-order valence-corrected chi connectivity index (χ3v) is 12.7. The lowest BCUT2D eigenvalue weighted by molar-refractivity contribution is -0.176. The first-order valence-electron chi connectivity index (χ1n) is 14.1. The van der Waals surface area contributed by atoms with Gasteiger partial charge in [-0.2, -0.15) is 0 Å². The van der Waals surface area contributed by atoms with Crippen LogP contribution in [0.5, 0.6) is 0 Å². The molecule has 6 rings (SSSR count). The highest BCUT2D eigenvalue weighted by Crippen LogP contribution is 2.70. The van der Waals surface area contributed by atoms with Gasteiger partial charge in [0.2, 0.25) is 0 Å². The van der Waals surface area contributed by atoms with E-state index in [1.54, 1.807) is 0 Å². The molecule has 0 amide bonds. The maximum atomic E-state index is 12.2. The minimum Gasteiger partial charge on any atom is -0.393 e. The molecule has 13 atom stereocenters. The zero-order valence-electron chi connectivity index (χ0n) is 21.3. The second kappa shape index (κ2) is 7.53. The van der Waals surface area contributed by atoms with E-state index < -0.39 is 11.7 Å². The largest absolute Gasteiger partial charge is 0.393 e. The molecule has 1 heterocycles. The summed E-state index contributed by atoms with van der Waals surface area (Å²) < 4.78 is 6.19. The van der Waals surface area contributed by atoms with Crippen molar-refractivity contribution in [3.8, 4) is 0 Å². The van der Waals surface area contributed by atoms with Gasteiger partial charge in [-0.1, -0.05) is 27.7 Å². The van der Waals surface area contributed by atoms with Crippen molar-refractivity contribution in [1.82, 2.24) is 0 Å². The Morgan fingerprint density at radius 2 is 1.85 bits per heavy atom. The Bertz CT molecular complexity index is 805. The molecule has 0 aromatic rings. The van der Waals surface area contributed by atoms with Crippen LogP contribution >= 0.6 is 0 Å². The Kier molecular flexibility index (Phi) is 5.24. The second-order valence-electron chi connectivity index (χ2n) is 14.0. The number of carbonyl (C=O) groups is 1. The van der Waals surface area contributed by atoms with Gasteiger partial charge in [-0.15, -0.1) is 0 Å². The summed E-state index contributed by atoms with van der Waals surface area (Å²) in [5.41, 5.74) is -0.384. The maximum Gasteiger partial charge on any atom is 0.133 e. The van der Waals surface area contributed by atoms with Crippen LogP contribution in [-0.4, -0.2) is 40.4 Å². The fourth-order valence-electron chi connectivity index (χ4n) is 10.4. The Balaban J connectivity index is 1.24. The molecular weight excluding hydrogens is 412 g/mol. The summed E-state index contributed by atoms with van der Waals surface area (Å²) in [6.45, 7) is 10.1. The molecule has 5 aliphatic carbocycles. The number of ketones is 1. The van der Waals surface area contributed by atoms with Gasteiger partial charge in [-0.3, -0.25) is 4.79 Å². The van der Waals surface area contributed by atoms with Crippen LogP contribution in [0.15, 0.2) is 0 Å². The summed E-state index contributed by atoms with van der Waals surface area (Å²) in [5.74, 6) is 5.04. The molecule has 1 saturated heterocycles. The van der Waals surface area contributed by atoms with E-state index in [0.717, 1.165) is 56.8 Å². The molecule has 4 nitrogen and oxygen atoms in total. The van der Waals surface area contributed by atoms with Crippen molar-refractivity contribution in [2.75, 3.05) is 6.61 Å². The quantitative estimate of drug-likeness (QED) is 0.569.